The minimum Gasteiger partial charge on any atom is -0.211 e. The first-order chi connectivity index (χ1) is 6.82. The maximum atomic E-state index is 10.3. The molecular weight excluding hydrogens is 176 g/mol. The van der Waals surface area contributed by atoms with Crippen molar-refractivity contribution in [2.45, 2.75) is 18.4 Å². The minimum atomic E-state index is -0.974. The number of nitriles is 1. The first-order valence-corrected chi connectivity index (χ1v) is 4.41. The third-order valence-corrected chi connectivity index (χ3v) is 2.64. The van der Waals surface area contributed by atoms with E-state index in [2.05, 4.69) is 11.1 Å². The second kappa shape index (κ2) is 3.10. The molecule has 1 aliphatic carbocycles. The van der Waals surface area contributed by atoms with Gasteiger partial charge in [0.25, 0.3) is 0 Å². The van der Waals surface area contributed by atoms with Gasteiger partial charge in [0.05, 0.1) is 6.07 Å². The standard InChI is InChI=1S/C11H8N2O/c12-7-11(13-8-14)6-5-9-3-1-2-4-10(9)11/h1-4H,5-6H2. The molecular formula is C11H8N2O. The first-order valence-electron chi connectivity index (χ1n) is 4.41. The molecule has 3 heteroatoms. The zero-order valence-electron chi connectivity index (χ0n) is 7.53. The molecule has 14 heavy (non-hydrogen) atoms. The van der Waals surface area contributed by atoms with Gasteiger partial charge in [-0.25, -0.2) is 4.79 Å². The van der Waals surface area contributed by atoms with Crippen molar-refractivity contribution in [2.24, 2.45) is 4.99 Å². The predicted octanol–water partition coefficient (Wildman–Crippen LogP) is 1.69. The summed E-state index contributed by atoms with van der Waals surface area (Å²) < 4.78 is 0. The number of hydrogen-bond donors (Lipinski definition) is 0. The summed E-state index contributed by atoms with van der Waals surface area (Å²) in [6.45, 7) is 0. The van der Waals surface area contributed by atoms with Crippen LogP contribution < -0.4 is 0 Å². The van der Waals surface area contributed by atoms with Crippen molar-refractivity contribution in [2.75, 3.05) is 0 Å². The fourth-order valence-corrected chi connectivity index (χ4v) is 1.93. The van der Waals surface area contributed by atoms with Crippen LogP contribution in [0.3, 0.4) is 0 Å². The molecule has 0 heterocycles. The minimum absolute atomic E-state index is 0.581. The van der Waals surface area contributed by atoms with E-state index in [1.807, 2.05) is 24.3 Å². The Hall–Kier alpha value is -1.91. The lowest BCUT2D eigenvalue weighted by Crippen LogP contribution is -2.16. The van der Waals surface area contributed by atoms with Crippen LogP contribution in [0.1, 0.15) is 17.5 Å². The van der Waals surface area contributed by atoms with Crippen LogP contribution in [0.25, 0.3) is 0 Å². The number of carbonyl (C=O) groups excluding carboxylic acids is 1. The summed E-state index contributed by atoms with van der Waals surface area (Å²) in [5.41, 5.74) is 0.983. The van der Waals surface area contributed by atoms with Crippen LogP contribution >= 0.6 is 0 Å². The van der Waals surface area contributed by atoms with E-state index < -0.39 is 5.54 Å². The first kappa shape index (κ1) is 8.68. The molecule has 3 nitrogen and oxygen atoms in total. The molecule has 0 aliphatic heterocycles. The van der Waals surface area contributed by atoms with E-state index in [1.54, 1.807) is 0 Å². The van der Waals surface area contributed by atoms with Gasteiger partial charge in [-0.2, -0.15) is 10.3 Å². The molecule has 1 aromatic carbocycles. The van der Waals surface area contributed by atoms with E-state index in [0.29, 0.717) is 6.42 Å². The monoisotopic (exact) mass is 184 g/mol. The van der Waals surface area contributed by atoms with E-state index in [0.717, 1.165) is 17.5 Å². The molecule has 2 rings (SSSR count). The molecule has 1 atom stereocenters. The quantitative estimate of drug-likeness (QED) is 0.492. The second-order valence-corrected chi connectivity index (χ2v) is 3.33. The number of nitrogens with zero attached hydrogens (tertiary/aromatic N) is 2. The van der Waals surface area contributed by atoms with Crippen molar-refractivity contribution in [1.29, 1.82) is 5.26 Å². The Morgan fingerprint density at radius 2 is 2.21 bits per heavy atom. The SMILES string of the molecule is N#CC1(N=C=O)CCc2ccccc21. The Kier molecular flexibility index (Phi) is 1.92. The van der Waals surface area contributed by atoms with Gasteiger partial charge in [-0.15, -0.1) is 0 Å². The van der Waals surface area contributed by atoms with Crippen molar-refractivity contribution >= 4 is 6.08 Å². The van der Waals surface area contributed by atoms with E-state index in [4.69, 9.17) is 5.26 Å². The average Bonchev–Trinajstić information content (AvgIpc) is 2.59. The Bertz CT molecular complexity index is 455. The van der Waals surface area contributed by atoms with Gasteiger partial charge < -0.3 is 0 Å². The molecule has 68 valence electrons. The number of benzene rings is 1. The molecule has 0 N–H and O–H groups in total. The van der Waals surface area contributed by atoms with E-state index >= 15 is 0 Å². The molecule has 0 radical (unpaired) electrons. The molecule has 1 aliphatic rings. The highest BCUT2D eigenvalue weighted by molar-refractivity contribution is 5.48. The van der Waals surface area contributed by atoms with Gasteiger partial charge in [-0.3, -0.25) is 0 Å². The van der Waals surface area contributed by atoms with E-state index in [-0.39, 0.29) is 0 Å². The Morgan fingerprint density at radius 1 is 1.43 bits per heavy atom. The van der Waals surface area contributed by atoms with Crippen molar-refractivity contribution in [1.82, 2.24) is 0 Å². The summed E-state index contributed by atoms with van der Waals surface area (Å²) in [4.78, 5) is 13.9. The molecule has 1 aromatic rings. The maximum absolute atomic E-state index is 10.3. The third-order valence-electron chi connectivity index (χ3n) is 2.64. The Balaban J connectivity index is 2.62. The lowest BCUT2D eigenvalue weighted by atomic mass is 9.95. The Labute approximate surface area is 81.7 Å². The normalized spacial score (nSPS) is 23.4. The molecule has 0 saturated heterocycles. The molecule has 0 fully saturated rings. The molecule has 1 unspecified atom stereocenters. The van der Waals surface area contributed by atoms with Crippen LogP contribution in [-0.2, 0) is 16.8 Å². The lowest BCUT2D eigenvalue weighted by molar-refractivity contribution is 0.532. The fourth-order valence-electron chi connectivity index (χ4n) is 1.93. The third kappa shape index (κ3) is 1.06. The number of fused-ring (bicyclic) bond motifs is 1. The van der Waals surface area contributed by atoms with Gasteiger partial charge in [0.15, 0.2) is 5.54 Å². The van der Waals surface area contributed by atoms with Gasteiger partial charge >= 0.3 is 0 Å². The fraction of sp³-hybridized carbons (Fsp3) is 0.273. The predicted molar refractivity (Wildman–Crippen MR) is 50.2 cm³/mol. The van der Waals surface area contributed by atoms with Crippen LogP contribution in [0.5, 0.6) is 0 Å². The zero-order chi connectivity index (χ0) is 10.0. The van der Waals surface area contributed by atoms with Gasteiger partial charge in [-0.1, -0.05) is 24.3 Å². The van der Waals surface area contributed by atoms with Gasteiger partial charge in [-0.05, 0) is 24.0 Å². The van der Waals surface area contributed by atoms with Crippen LogP contribution in [0, 0.1) is 11.3 Å². The second-order valence-electron chi connectivity index (χ2n) is 3.33. The summed E-state index contributed by atoms with van der Waals surface area (Å²) in [6, 6.07) is 9.71. The molecule has 0 saturated carbocycles. The van der Waals surface area contributed by atoms with E-state index in [1.165, 1.54) is 6.08 Å². The van der Waals surface area contributed by atoms with Crippen molar-refractivity contribution in [3.8, 4) is 6.07 Å². The highest BCUT2D eigenvalue weighted by atomic mass is 16.1. The van der Waals surface area contributed by atoms with E-state index in [9.17, 15) is 4.79 Å². The van der Waals surface area contributed by atoms with Crippen molar-refractivity contribution in [3.63, 3.8) is 0 Å². The topological polar surface area (TPSA) is 53.2 Å². The van der Waals surface area contributed by atoms with Crippen LogP contribution in [0.4, 0.5) is 0 Å². The van der Waals surface area contributed by atoms with Crippen LogP contribution in [0.2, 0.25) is 0 Å². The Morgan fingerprint density at radius 3 is 2.93 bits per heavy atom. The van der Waals surface area contributed by atoms with Crippen molar-refractivity contribution in [3.05, 3.63) is 35.4 Å². The van der Waals surface area contributed by atoms with Crippen molar-refractivity contribution < 1.29 is 4.79 Å². The summed E-state index contributed by atoms with van der Waals surface area (Å²) >= 11 is 0. The zero-order valence-corrected chi connectivity index (χ0v) is 7.53. The number of rotatable bonds is 1. The summed E-state index contributed by atoms with van der Waals surface area (Å²) in [7, 11) is 0. The largest absolute Gasteiger partial charge is 0.236 e. The highest BCUT2D eigenvalue weighted by Crippen LogP contribution is 2.39. The molecule has 0 aromatic heterocycles. The molecule has 0 bridgehead atoms. The van der Waals surface area contributed by atoms with Gasteiger partial charge in [0, 0.05) is 0 Å². The average molecular weight is 184 g/mol. The smallest absolute Gasteiger partial charge is 0.211 e. The number of hydrogen-bond acceptors (Lipinski definition) is 3. The number of aliphatic imine (C=N–C) groups is 1. The van der Waals surface area contributed by atoms with Gasteiger partial charge in [0.1, 0.15) is 0 Å². The summed E-state index contributed by atoms with van der Waals surface area (Å²) in [5, 5.41) is 9.07. The number of isocyanates is 1. The maximum Gasteiger partial charge on any atom is 0.236 e. The van der Waals surface area contributed by atoms with Crippen LogP contribution in [0.15, 0.2) is 29.3 Å². The lowest BCUT2D eigenvalue weighted by Gasteiger charge is -2.13. The molecule has 0 spiro atoms. The summed E-state index contributed by atoms with van der Waals surface area (Å²) in [5.74, 6) is 0. The summed E-state index contributed by atoms with van der Waals surface area (Å²) in [6.07, 6.45) is 2.88. The molecule has 0 amide bonds. The highest BCUT2D eigenvalue weighted by Gasteiger charge is 2.38. The van der Waals surface area contributed by atoms with Gasteiger partial charge in [0.2, 0.25) is 6.08 Å². The number of aryl methyl sites for hydroxylation is 1. The van der Waals surface area contributed by atoms with Crippen LogP contribution in [-0.4, -0.2) is 6.08 Å².